The molecule has 1 heteroatoms. The molecule has 0 saturated carbocycles. The van der Waals surface area contributed by atoms with Crippen LogP contribution in [0.3, 0.4) is 0 Å². The highest BCUT2D eigenvalue weighted by Crippen LogP contribution is 2.33. The highest BCUT2D eigenvalue weighted by molar-refractivity contribution is 5.31. The molecule has 1 atom stereocenters. The van der Waals surface area contributed by atoms with Gasteiger partial charge in [0, 0.05) is 12.6 Å². The van der Waals surface area contributed by atoms with Crippen LogP contribution in [0.2, 0.25) is 0 Å². The van der Waals surface area contributed by atoms with E-state index in [2.05, 4.69) is 68.1 Å². The first-order valence-electron chi connectivity index (χ1n) is 8.00. The molecule has 0 amide bonds. The summed E-state index contributed by atoms with van der Waals surface area (Å²) in [6, 6.07) is 16.5. The summed E-state index contributed by atoms with van der Waals surface area (Å²) in [6.45, 7) is 8.86. The topological polar surface area (TPSA) is 3.24 Å². The number of rotatable bonds is 3. The molecule has 3 rings (SSSR count). The Morgan fingerprint density at radius 2 is 1.86 bits per heavy atom. The number of hydrogen-bond acceptors (Lipinski definition) is 1. The van der Waals surface area contributed by atoms with Crippen LogP contribution in [0, 0.1) is 20.8 Å². The van der Waals surface area contributed by atoms with Crippen LogP contribution in [-0.2, 0) is 6.54 Å². The highest BCUT2D eigenvalue weighted by Gasteiger charge is 2.25. The maximum Gasteiger partial charge on any atom is 0.0352 e. The van der Waals surface area contributed by atoms with E-state index in [1.165, 1.54) is 47.2 Å². The summed E-state index contributed by atoms with van der Waals surface area (Å²) in [6.07, 6.45) is 2.59. The lowest BCUT2D eigenvalue weighted by molar-refractivity contribution is 0.248. The van der Waals surface area contributed by atoms with Crippen molar-refractivity contribution in [1.82, 2.24) is 4.90 Å². The van der Waals surface area contributed by atoms with Crippen molar-refractivity contribution in [2.24, 2.45) is 0 Å². The van der Waals surface area contributed by atoms with Gasteiger partial charge in [-0.3, -0.25) is 4.90 Å². The van der Waals surface area contributed by atoms with Crippen LogP contribution >= 0.6 is 0 Å². The Morgan fingerprint density at radius 3 is 2.62 bits per heavy atom. The van der Waals surface area contributed by atoms with Crippen LogP contribution in [0.5, 0.6) is 0 Å². The third-order valence-electron chi connectivity index (χ3n) is 4.75. The molecule has 0 spiro atoms. The lowest BCUT2D eigenvalue weighted by Crippen LogP contribution is -2.22. The Labute approximate surface area is 128 Å². The van der Waals surface area contributed by atoms with E-state index in [4.69, 9.17) is 0 Å². The van der Waals surface area contributed by atoms with E-state index in [0.717, 1.165) is 6.54 Å². The van der Waals surface area contributed by atoms with Crippen LogP contribution in [0.1, 0.15) is 46.7 Å². The summed E-state index contributed by atoms with van der Waals surface area (Å²) in [5.41, 5.74) is 7.08. The second kappa shape index (κ2) is 6.03. The van der Waals surface area contributed by atoms with E-state index in [1.54, 1.807) is 0 Å². The van der Waals surface area contributed by atoms with Gasteiger partial charge in [-0.05, 0) is 62.4 Å². The van der Waals surface area contributed by atoms with Gasteiger partial charge in [-0.2, -0.15) is 0 Å². The molecule has 2 aromatic rings. The van der Waals surface area contributed by atoms with Gasteiger partial charge in [-0.1, -0.05) is 48.0 Å². The Kier molecular flexibility index (Phi) is 4.12. The van der Waals surface area contributed by atoms with Crippen molar-refractivity contribution in [1.29, 1.82) is 0 Å². The van der Waals surface area contributed by atoms with E-state index in [9.17, 15) is 0 Å². The minimum atomic E-state index is 0.589. The number of likely N-dealkylation sites (tertiary alicyclic amines) is 1. The number of nitrogens with zero attached hydrogens (tertiary/aromatic N) is 1. The van der Waals surface area contributed by atoms with E-state index < -0.39 is 0 Å². The largest absolute Gasteiger partial charge is 0.292 e. The first-order chi connectivity index (χ1) is 10.1. The van der Waals surface area contributed by atoms with E-state index in [1.807, 2.05) is 0 Å². The second-order valence-corrected chi connectivity index (χ2v) is 6.46. The van der Waals surface area contributed by atoms with Crippen molar-refractivity contribution in [3.63, 3.8) is 0 Å². The van der Waals surface area contributed by atoms with E-state index >= 15 is 0 Å². The molecule has 0 radical (unpaired) electrons. The van der Waals surface area contributed by atoms with E-state index in [-0.39, 0.29) is 0 Å². The van der Waals surface area contributed by atoms with Gasteiger partial charge in [0.1, 0.15) is 0 Å². The van der Waals surface area contributed by atoms with Crippen molar-refractivity contribution >= 4 is 0 Å². The molecule has 1 nitrogen and oxygen atoms in total. The molecule has 0 bridgehead atoms. The van der Waals surface area contributed by atoms with Crippen LogP contribution in [-0.4, -0.2) is 11.4 Å². The van der Waals surface area contributed by atoms with E-state index in [0.29, 0.717) is 6.04 Å². The zero-order valence-corrected chi connectivity index (χ0v) is 13.4. The molecule has 0 aromatic heterocycles. The first-order valence-corrected chi connectivity index (χ1v) is 8.00. The van der Waals surface area contributed by atoms with Crippen LogP contribution in [0.15, 0.2) is 42.5 Å². The predicted octanol–water partition coefficient (Wildman–Crippen LogP) is 4.95. The fraction of sp³-hybridized carbons (Fsp3) is 0.400. The number of benzene rings is 2. The predicted molar refractivity (Wildman–Crippen MR) is 89.5 cm³/mol. The van der Waals surface area contributed by atoms with Gasteiger partial charge in [-0.25, -0.2) is 0 Å². The van der Waals surface area contributed by atoms with Crippen molar-refractivity contribution in [2.45, 2.75) is 46.2 Å². The average molecular weight is 279 g/mol. The fourth-order valence-electron chi connectivity index (χ4n) is 3.41. The summed E-state index contributed by atoms with van der Waals surface area (Å²) in [5, 5.41) is 0. The van der Waals surface area contributed by atoms with Gasteiger partial charge in [0.2, 0.25) is 0 Å². The zero-order chi connectivity index (χ0) is 14.8. The monoisotopic (exact) mass is 279 g/mol. The lowest BCUT2D eigenvalue weighted by atomic mass is 10.0. The SMILES string of the molecule is Cc1cccc([C@@H]2CCCN2Cc2ccc(C)c(C)c2)c1. The number of aryl methyl sites for hydroxylation is 3. The molecule has 1 fully saturated rings. The van der Waals surface area contributed by atoms with Crippen LogP contribution in [0.25, 0.3) is 0 Å². The highest BCUT2D eigenvalue weighted by atomic mass is 15.2. The molecule has 0 N–H and O–H groups in total. The minimum Gasteiger partial charge on any atom is -0.292 e. The van der Waals surface area contributed by atoms with Crippen molar-refractivity contribution in [2.75, 3.05) is 6.54 Å². The molecule has 21 heavy (non-hydrogen) atoms. The molecule has 2 aromatic carbocycles. The normalized spacial score (nSPS) is 19.1. The maximum atomic E-state index is 2.64. The Bertz CT molecular complexity index is 629. The summed E-state index contributed by atoms with van der Waals surface area (Å²) in [7, 11) is 0. The van der Waals surface area contributed by atoms with Crippen molar-refractivity contribution < 1.29 is 0 Å². The zero-order valence-electron chi connectivity index (χ0n) is 13.4. The fourth-order valence-corrected chi connectivity index (χ4v) is 3.41. The second-order valence-electron chi connectivity index (χ2n) is 6.46. The minimum absolute atomic E-state index is 0.589. The van der Waals surface area contributed by atoms with Crippen LogP contribution in [0.4, 0.5) is 0 Å². The van der Waals surface area contributed by atoms with Gasteiger partial charge in [0.05, 0.1) is 0 Å². The lowest BCUT2D eigenvalue weighted by Gasteiger charge is -2.25. The van der Waals surface area contributed by atoms with Crippen LogP contribution < -0.4 is 0 Å². The molecule has 0 aliphatic carbocycles. The van der Waals surface area contributed by atoms with Gasteiger partial charge >= 0.3 is 0 Å². The van der Waals surface area contributed by atoms with Gasteiger partial charge in [-0.15, -0.1) is 0 Å². The van der Waals surface area contributed by atoms with Gasteiger partial charge < -0.3 is 0 Å². The summed E-state index contributed by atoms with van der Waals surface area (Å²) < 4.78 is 0. The Hall–Kier alpha value is -1.60. The first kappa shape index (κ1) is 14.3. The molecule has 1 saturated heterocycles. The quantitative estimate of drug-likeness (QED) is 0.768. The summed E-state index contributed by atoms with van der Waals surface area (Å²) >= 11 is 0. The molecule has 1 heterocycles. The van der Waals surface area contributed by atoms with Crippen molar-refractivity contribution in [3.8, 4) is 0 Å². The molecule has 110 valence electrons. The molecule has 0 unspecified atom stereocenters. The van der Waals surface area contributed by atoms with Crippen molar-refractivity contribution in [3.05, 3.63) is 70.3 Å². The molecule has 1 aliphatic heterocycles. The maximum absolute atomic E-state index is 2.64. The third kappa shape index (κ3) is 3.19. The smallest absolute Gasteiger partial charge is 0.0352 e. The average Bonchev–Trinajstić information content (AvgIpc) is 2.91. The standard InChI is InChI=1S/C20H25N/c1-15-6-4-7-19(12-15)20-8-5-11-21(20)14-18-10-9-16(2)17(3)13-18/h4,6-7,9-10,12-13,20H,5,8,11,14H2,1-3H3/t20-/m0/s1. The summed E-state index contributed by atoms with van der Waals surface area (Å²) in [5.74, 6) is 0. The number of hydrogen-bond donors (Lipinski definition) is 0. The molecule has 1 aliphatic rings. The third-order valence-corrected chi connectivity index (χ3v) is 4.75. The van der Waals surface area contributed by atoms with Gasteiger partial charge in [0.15, 0.2) is 0 Å². The molecular weight excluding hydrogens is 254 g/mol. The Balaban J connectivity index is 1.79. The Morgan fingerprint density at radius 1 is 1.00 bits per heavy atom. The molecular formula is C20H25N. The summed E-state index contributed by atoms with van der Waals surface area (Å²) in [4.78, 5) is 2.64. The van der Waals surface area contributed by atoms with Gasteiger partial charge in [0.25, 0.3) is 0 Å².